The molecule has 0 unspecified atom stereocenters. The molecule has 4 rings (SSSR count). The average Bonchev–Trinajstić information content (AvgIpc) is 3.07. The van der Waals surface area contributed by atoms with Crippen molar-refractivity contribution in [2.75, 3.05) is 0 Å². The Morgan fingerprint density at radius 3 is 2.76 bits per heavy atom. The van der Waals surface area contributed by atoms with Crippen LogP contribution in [0, 0.1) is 13.8 Å². The smallest absolute Gasteiger partial charge is 0.0931 e. The third kappa shape index (κ3) is 2.65. The van der Waals surface area contributed by atoms with Gasteiger partial charge in [0, 0.05) is 12.4 Å². The molecule has 2 aromatic heterocycles. The summed E-state index contributed by atoms with van der Waals surface area (Å²) in [7, 11) is 1.96. The molecular formula is C17H18N4. The van der Waals surface area contributed by atoms with Crippen molar-refractivity contribution >= 4 is 21.9 Å². The third-order valence-corrected chi connectivity index (χ3v) is 3.59. The van der Waals surface area contributed by atoms with Gasteiger partial charge in [-0.3, -0.25) is 4.68 Å². The van der Waals surface area contributed by atoms with E-state index in [0.29, 0.717) is 0 Å². The summed E-state index contributed by atoms with van der Waals surface area (Å²) >= 11 is 0. The van der Waals surface area contributed by atoms with Gasteiger partial charge in [-0.25, -0.2) is 4.98 Å². The van der Waals surface area contributed by atoms with E-state index >= 15 is 0 Å². The van der Waals surface area contributed by atoms with Crippen LogP contribution in [0.5, 0.6) is 0 Å². The normalized spacial score (nSPS) is 10.6. The molecule has 0 amide bonds. The van der Waals surface area contributed by atoms with Crippen LogP contribution in [0.2, 0.25) is 0 Å². The van der Waals surface area contributed by atoms with Crippen LogP contribution in [0.15, 0.2) is 48.9 Å². The Labute approximate surface area is 123 Å². The summed E-state index contributed by atoms with van der Waals surface area (Å²) in [5.74, 6) is 0. The topological polar surface area (TPSA) is 46.5 Å². The Hall–Kier alpha value is -2.62. The van der Waals surface area contributed by atoms with Crippen LogP contribution < -0.4 is 0 Å². The Balaban J connectivity index is 0.000000126. The van der Waals surface area contributed by atoms with Crippen molar-refractivity contribution in [3.05, 3.63) is 60.0 Å². The minimum absolute atomic E-state index is 1.03. The lowest BCUT2D eigenvalue weighted by Gasteiger charge is -1.94. The molecule has 0 aliphatic rings. The van der Waals surface area contributed by atoms with Gasteiger partial charge in [0.2, 0.25) is 0 Å². The van der Waals surface area contributed by atoms with Gasteiger partial charge < -0.3 is 4.98 Å². The summed E-state index contributed by atoms with van der Waals surface area (Å²) in [6.45, 7) is 4.17. The molecule has 0 saturated carbocycles. The highest BCUT2D eigenvalue weighted by Gasteiger charge is 1.99. The molecule has 4 aromatic rings. The van der Waals surface area contributed by atoms with E-state index in [4.69, 9.17) is 0 Å². The van der Waals surface area contributed by atoms with Crippen LogP contribution in [0.4, 0.5) is 0 Å². The second-order valence-corrected chi connectivity index (χ2v) is 5.20. The molecule has 4 nitrogen and oxygen atoms in total. The summed E-state index contributed by atoms with van der Waals surface area (Å²) in [6, 6.07) is 12.4. The summed E-state index contributed by atoms with van der Waals surface area (Å²) in [4.78, 5) is 7.15. The van der Waals surface area contributed by atoms with Crippen LogP contribution >= 0.6 is 0 Å². The van der Waals surface area contributed by atoms with Gasteiger partial charge >= 0.3 is 0 Å². The van der Waals surface area contributed by atoms with Gasteiger partial charge in [0.05, 0.1) is 29.1 Å². The zero-order valence-electron chi connectivity index (χ0n) is 12.5. The van der Waals surface area contributed by atoms with E-state index in [2.05, 4.69) is 59.2 Å². The zero-order valence-corrected chi connectivity index (χ0v) is 12.5. The van der Waals surface area contributed by atoms with Crippen molar-refractivity contribution in [3.63, 3.8) is 0 Å². The number of hydrogen-bond donors (Lipinski definition) is 1. The number of nitrogens with zero attached hydrogens (tertiary/aromatic N) is 3. The number of imidazole rings is 1. The van der Waals surface area contributed by atoms with E-state index < -0.39 is 0 Å². The molecule has 4 heteroatoms. The standard InChI is InChI=1S/C9H10N2.C8H8N2/c1-7-4-3-5-9-8(7)6-10-11(9)2;1-6-2-3-7-8(4-6)10-5-9-7/h3-6H,1-2H3;2-5H,1H3,(H,9,10). The predicted octanol–water partition coefficient (Wildman–Crippen LogP) is 3.75. The largest absolute Gasteiger partial charge is 0.345 e. The number of nitrogens with one attached hydrogen (secondary N) is 1. The number of fused-ring (bicyclic) bond motifs is 2. The molecule has 0 aliphatic heterocycles. The lowest BCUT2D eigenvalue weighted by Crippen LogP contribution is -1.87. The molecule has 1 N–H and O–H groups in total. The van der Waals surface area contributed by atoms with E-state index in [1.165, 1.54) is 22.0 Å². The maximum atomic E-state index is 4.17. The van der Waals surface area contributed by atoms with Crippen LogP contribution in [-0.2, 0) is 7.05 Å². The first-order valence-electron chi connectivity index (χ1n) is 6.92. The molecule has 0 spiro atoms. The molecule has 2 aromatic carbocycles. The Morgan fingerprint density at radius 2 is 1.95 bits per heavy atom. The van der Waals surface area contributed by atoms with Crippen LogP contribution in [0.25, 0.3) is 21.9 Å². The van der Waals surface area contributed by atoms with Crippen LogP contribution in [-0.4, -0.2) is 19.7 Å². The SMILES string of the molecule is Cc1ccc2nc[nH]c2c1.Cc1cccc2c1cnn2C. The van der Waals surface area contributed by atoms with E-state index in [-0.39, 0.29) is 0 Å². The number of rotatable bonds is 0. The van der Waals surface area contributed by atoms with Gasteiger partial charge in [-0.15, -0.1) is 0 Å². The van der Waals surface area contributed by atoms with Gasteiger partial charge in [-0.2, -0.15) is 5.10 Å². The van der Waals surface area contributed by atoms with E-state index in [9.17, 15) is 0 Å². The molecule has 2 heterocycles. The molecule has 0 bridgehead atoms. The molecule has 21 heavy (non-hydrogen) atoms. The summed E-state index contributed by atoms with van der Waals surface area (Å²) < 4.78 is 1.89. The molecule has 0 aliphatic carbocycles. The van der Waals surface area contributed by atoms with Crippen molar-refractivity contribution in [3.8, 4) is 0 Å². The number of aryl methyl sites for hydroxylation is 3. The summed E-state index contributed by atoms with van der Waals surface area (Å²) in [6.07, 6.45) is 3.62. The Kier molecular flexibility index (Phi) is 3.44. The lowest BCUT2D eigenvalue weighted by atomic mass is 10.1. The number of benzene rings is 2. The number of H-pyrrole nitrogens is 1. The first-order chi connectivity index (χ1) is 10.1. The fourth-order valence-electron chi connectivity index (χ4n) is 2.37. The first kappa shape index (κ1) is 13.4. The summed E-state index contributed by atoms with van der Waals surface area (Å²) in [5, 5.41) is 5.42. The van der Waals surface area contributed by atoms with E-state index in [1.54, 1.807) is 6.33 Å². The maximum absolute atomic E-state index is 4.17. The van der Waals surface area contributed by atoms with Gasteiger partial charge in [0.1, 0.15) is 0 Å². The first-order valence-corrected chi connectivity index (χ1v) is 6.92. The lowest BCUT2D eigenvalue weighted by molar-refractivity contribution is 0.797. The molecule has 0 fully saturated rings. The van der Waals surface area contributed by atoms with Crippen molar-refractivity contribution in [2.45, 2.75) is 13.8 Å². The van der Waals surface area contributed by atoms with Crippen molar-refractivity contribution in [1.82, 2.24) is 19.7 Å². The minimum atomic E-state index is 1.03. The van der Waals surface area contributed by atoms with E-state index in [1.807, 2.05) is 24.0 Å². The molecular weight excluding hydrogens is 260 g/mol. The molecule has 0 radical (unpaired) electrons. The molecule has 0 saturated heterocycles. The number of aromatic amines is 1. The number of aromatic nitrogens is 4. The van der Waals surface area contributed by atoms with Crippen molar-refractivity contribution in [2.24, 2.45) is 7.05 Å². The second-order valence-electron chi connectivity index (χ2n) is 5.20. The third-order valence-electron chi connectivity index (χ3n) is 3.59. The van der Waals surface area contributed by atoms with Crippen LogP contribution in [0.3, 0.4) is 0 Å². The maximum Gasteiger partial charge on any atom is 0.0931 e. The fourth-order valence-corrected chi connectivity index (χ4v) is 2.37. The Morgan fingerprint density at radius 1 is 1.10 bits per heavy atom. The number of hydrogen-bond acceptors (Lipinski definition) is 2. The van der Waals surface area contributed by atoms with Crippen LogP contribution in [0.1, 0.15) is 11.1 Å². The molecule has 0 atom stereocenters. The second kappa shape index (κ2) is 5.40. The van der Waals surface area contributed by atoms with Gasteiger partial charge in [-0.05, 0) is 43.2 Å². The highest BCUT2D eigenvalue weighted by Crippen LogP contribution is 2.15. The zero-order chi connectivity index (χ0) is 14.8. The Bertz CT molecular complexity index is 886. The highest BCUT2D eigenvalue weighted by molar-refractivity contribution is 5.81. The average molecular weight is 278 g/mol. The van der Waals surface area contributed by atoms with Gasteiger partial charge in [0.25, 0.3) is 0 Å². The monoisotopic (exact) mass is 278 g/mol. The quantitative estimate of drug-likeness (QED) is 0.532. The summed E-state index contributed by atoms with van der Waals surface area (Å²) in [5.41, 5.74) is 5.89. The van der Waals surface area contributed by atoms with Gasteiger partial charge in [0.15, 0.2) is 0 Å². The van der Waals surface area contributed by atoms with Crippen molar-refractivity contribution < 1.29 is 0 Å². The predicted molar refractivity (Wildman–Crippen MR) is 86.3 cm³/mol. The van der Waals surface area contributed by atoms with Gasteiger partial charge in [-0.1, -0.05) is 18.2 Å². The highest BCUT2D eigenvalue weighted by atomic mass is 15.2. The van der Waals surface area contributed by atoms with E-state index in [0.717, 1.165) is 11.0 Å². The molecule has 106 valence electrons. The van der Waals surface area contributed by atoms with Crippen molar-refractivity contribution in [1.29, 1.82) is 0 Å². The minimum Gasteiger partial charge on any atom is -0.345 e. The fraction of sp³-hybridized carbons (Fsp3) is 0.176.